The molecule has 0 N–H and O–H groups in total. The van der Waals surface area contributed by atoms with Crippen molar-refractivity contribution in [3.8, 4) is 11.4 Å². The lowest BCUT2D eigenvalue weighted by molar-refractivity contribution is 1.22. The number of hydrogen-bond acceptors (Lipinski definition) is 2. The Morgan fingerprint density at radius 1 is 0.929 bits per heavy atom. The molecular formula is C10H6BrClN2. The van der Waals surface area contributed by atoms with Gasteiger partial charge in [0.1, 0.15) is 9.76 Å². The Balaban J connectivity index is 2.49. The van der Waals surface area contributed by atoms with Crippen LogP contribution in [0.4, 0.5) is 0 Å². The second-order valence-electron chi connectivity index (χ2n) is 2.69. The van der Waals surface area contributed by atoms with Gasteiger partial charge in [0.05, 0.1) is 11.4 Å². The predicted molar refractivity (Wildman–Crippen MR) is 60.2 cm³/mol. The Morgan fingerprint density at radius 3 is 2.21 bits per heavy atom. The first-order chi connectivity index (χ1) is 6.75. The normalized spacial score (nSPS) is 10.1. The molecule has 0 spiro atoms. The van der Waals surface area contributed by atoms with Crippen LogP contribution >= 0.6 is 27.5 Å². The second kappa shape index (κ2) is 4.07. The van der Waals surface area contributed by atoms with Crippen LogP contribution in [0.1, 0.15) is 0 Å². The summed E-state index contributed by atoms with van der Waals surface area (Å²) in [6.07, 6.45) is 0. The highest BCUT2D eigenvalue weighted by Gasteiger charge is 2.01. The summed E-state index contributed by atoms with van der Waals surface area (Å²) in [5.41, 5.74) is 1.58. The topological polar surface area (TPSA) is 25.8 Å². The van der Waals surface area contributed by atoms with Gasteiger partial charge in [-0.2, -0.15) is 0 Å². The molecule has 2 aromatic rings. The van der Waals surface area contributed by atoms with Gasteiger partial charge in [-0.15, -0.1) is 0 Å². The lowest BCUT2D eigenvalue weighted by Gasteiger charge is -2.00. The first-order valence-corrected chi connectivity index (χ1v) is 5.18. The molecule has 4 heteroatoms. The Hall–Kier alpha value is -0.930. The van der Waals surface area contributed by atoms with Gasteiger partial charge in [0.2, 0.25) is 0 Å². The van der Waals surface area contributed by atoms with E-state index in [4.69, 9.17) is 11.6 Å². The van der Waals surface area contributed by atoms with E-state index in [-0.39, 0.29) is 0 Å². The summed E-state index contributed by atoms with van der Waals surface area (Å²) in [4.78, 5) is 8.45. The smallest absolute Gasteiger partial charge is 0.129 e. The molecule has 0 unspecified atom stereocenters. The van der Waals surface area contributed by atoms with E-state index in [1.54, 1.807) is 6.07 Å². The van der Waals surface area contributed by atoms with Crippen LogP contribution in [0.5, 0.6) is 0 Å². The third kappa shape index (κ3) is 2.11. The van der Waals surface area contributed by atoms with Gasteiger partial charge in [-0.25, -0.2) is 9.97 Å². The van der Waals surface area contributed by atoms with Crippen LogP contribution in [0.2, 0.25) is 5.15 Å². The number of rotatable bonds is 1. The van der Waals surface area contributed by atoms with Gasteiger partial charge in [0.15, 0.2) is 0 Å². The summed E-state index contributed by atoms with van der Waals surface area (Å²) in [5, 5.41) is 0.476. The number of halogens is 2. The molecule has 0 atom stereocenters. The first-order valence-electron chi connectivity index (χ1n) is 4.01. The Morgan fingerprint density at radius 2 is 1.57 bits per heavy atom. The average Bonchev–Trinajstić information content (AvgIpc) is 2.18. The summed E-state index contributed by atoms with van der Waals surface area (Å²) in [7, 11) is 0. The number of aromatic nitrogens is 2. The molecule has 14 heavy (non-hydrogen) atoms. The van der Waals surface area contributed by atoms with Crippen LogP contribution in [0.3, 0.4) is 0 Å². The van der Waals surface area contributed by atoms with Gasteiger partial charge >= 0.3 is 0 Å². The van der Waals surface area contributed by atoms with Crippen LogP contribution in [0.25, 0.3) is 11.4 Å². The lowest BCUT2D eigenvalue weighted by atomic mass is 10.2. The molecule has 0 amide bonds. The van der Waals surface area contributed by atoms with Crippen LogP contribution in [0.15, 0.2) is 41.0 Å². The van der Waals surface area contributed by atoms with Gasteiger partial charge < -0.3 is 0 Å². The summed E-state index contributed by atoms with van der Waals surface area (Å²) in [6, 6.07) is 11.1. The summed E-state index contributed by atoms with van der Waals surface area (Å²) in [6.45, 7) is 0. The Labute approximate surface area is 95.1 Å². The monoisotopic (exact) mass is 268 g/mol. The van der Waals surface area contributed by atoms with Gasteiger partial charge in [-0.3, -0.25) is 0 Å². The molecule has 70 valence electrons. The van der Waals surface area contributed by atoms with Crippen LogP contribution in [-0.2, 0) is 0 Å². The fourth-order valence-electron chi connectivity index (χ4n) is 1.10. The molecule has 2 rings (SSSR count). The second-order valence-corrected chi connectivity index (χ2v) is 3.89. The van der Waals surface area contributed by atoms with Crippen LogP contribution in [-0.4, -0.2) is 9.97 Å². The molecule has 0 aliphatic heterocycles. The molecular weight excluding hydrogens is 263 g/mol. The molecule has 0 fully saturated rings. The average molecular weight is 270 g/mol. The quantitative estimate of drug-likeness (QED) is 0.740. The first kappa shape index (κ1) is 9.62. The maximum absolute atomic E-state index is 5.78. The summed E-state index contributed by atoms with van der Waals surface area (Å²) >= 11 is 9.09. The van der Waals surface area contributed by atoms with Gasteiger partial charge in [-0.05, 0) is 40.2 Å². The highest BCUT2D eigenvalue weighted by molar-refractivity contribution is 9.10. The van der Waals surface area contributed by atoms with Crippen molar-refractivity contribution in [2.24, 2.45) is 0 Å². The Kier molecular flexibility index (Phi) is 2.79. The third-order valence-corrected chi connectivity index (χ3v) is 2.34. The van der Waals surface area contributed by atoms with Crippen molar-refractivity contribution in [1.82, 2.24) is 9.97 Å². The van der Waals surface area contributed by atoms with Crippen molar-refractivity contribution < 1.29 is 0 Å². The van der Waals surface area contributed by atoms with E-state index in [0.717, 1.165) is 16.0 Å². The van der Waals surface area contributed by atoms with Crippen LogP contribution in [0, 0.1) is 0 Å². The largest absolute Gasteiger partial charge is 0.239 e. The zero-order chi connectivity index (χ0) is 9.97. The minimum Gasteiger partial charge on any atom is -0.239 e. The van der Waals surface area contributed by atoms with E-state index in [1.165, 1.54) is 0 Å². The van der Waals surface area contributed by atoms with Crippen molar-refractivity contribution in [2.45, 2.75) is 0 Å². The molecule has 0 aliphatic rings. The molecule has 2 heterocycles. The van der Waals surface area contributed by atoms with Crippen molar-refractivity contribution in [1.29, 1.82) is 0 Å². The van der Waals surface area contributed by atoms with Gasteiger partial charge in [0, 0.05) is 0 Å². The van der Waals surface area contributed by atoms with Crippen molar-refractivity contribution in [3.63, 3.8) is 0 Å². The predicted octanol–water partition coefficient (Wildman–Crippen LogP) is 3.56. The molecule has 0 radical (unpaired) electrons. The van der Waals surface area contributed by atoms with E-state index in [2.05, 4.69) is 25.9 Å². The zero-order valence-electron chi connectivity index (χ0n) is 7.11. The highest BCUT2D eigenvalue weighted by Crippen LogP contribution is 2.18. The minimum atomic E-state index is 0.476. The van der Waals surface area contributed by atoms with Crippen LogP contribution < -0.4 is 0 Å². The highest BCUT2D eigenvalue weighted by atomic mass is 79.9. The third-order valence-electron chi connectivity index (χ3n) is 1.69. The molecule has 0 aliphatic carbocycles. The van der Waals surface area contributed by atoms with E-state index in [0.29, 0.717) is 5.15 Å². The molecule has 0 saturated heterocycles. The Bertz CT molecular complexity index is 416. The van der Waals surface area contributed by atoms with Gasteiger partial charge in [-0.1, -0.05) is 23.7 Å². The standard InChI is InChI=1S/C10H6BrClN2/c11-9-5-1-3-7(13-9)8-4-2-6-10(12)14-8/h1-6H. The summed E-state index contributed by atoms with van der Waals surface area (Å²) < 4.78 is 0.789. The fraction of sp³-hybridized carbons (Fsp3) is 0. The van der Waals surface area contributed by atoms with E-state index >= 15 is 0 Å². The number of nitrogens with zero attached hydrogens (tertiary/aromatic N) is 2. The van der Waals surface area contributed by atoms with Crippen molar-refractivity contribution in [3.05, 3.63) is 46.2 Å². The molecule has 0 aromatic carbocycles. The molecule has 2 aromatic heterocycles. The maximum Gasteiger partial charge on any atom is 0.129 e. The van der Waals surface area contributed by atoms with E-state index < -0.39 is 0 Å². The zero-order valence-corrected chi connectivity index (χ0v) is 9.46. The van der Waals surface area contributed by atoms with E-state index in [9.17, 15) is 0 Å². The number of pyridine rings is 2. The number of hydrogen-bond donors (Lipinski definition) is 0. The van der Waals surface area contributed by atoms with Crippen molar-refractivity contribution >= 4 is 27.5 Å². The van der Waals surface area contributed by atoms with Crippen molar-refractivity contribution in [2.75, 3.05) is 0 Å². The molecule has 0 bridgehead atoms. The molecule has 0 saturated carbocycles. The fourth-order valence-corrected chi connectivity index (χ4v) is 1.61. The summed E-state index contributed by atoms with van der Waals surface area (Å²) in [5.74, 6) is 0. The lowest BCUT2D eigenvalue weighted by Crippen LogP contribution is -1.87. The maximum atomic E-state index is 5.78. The molecule has 2 nitrogen and oxygen atoms in total. The van der Waals surface area contributed by atoms with Gasteiger partial charge in [0.25, 0.3) is 0 Å². The minimum absolute atomic E-state index is 0.476. The van der Waals surface area contributed by atoms with E-state index in [1.807, 2.05) is 30.3 Å². The SMILES string of the molecule is Clc1cccc(-c2cccc(Br)n2)n1.